The van der Waals surface area contributed by atoms with Crippen LogP contribution in [0.4, 0.5) is 0 Å². The molecule has 0 aromatic heterocycles. The van der Waals surface area contributed by atoms with Crippen LogP contribution in [0.1, 0.15) is 31.4 Å². The van der Waals surface area contributed by atoms with Crippen LogP contribution in [-0.4, -0.2) is 24.5 Å². The molecule has 0 aliphatic heterocycles. The van der Waals surface area contributed by atoms with Crippen molar-refractivity contribution in [3.8, 4) is 0 Å². The summed E-state index contributed by atoms with van der Waals surface area (Å²) in [6, 6.07) is 8.04. The van der Waals surface area contributed by atoms with Gasteiger partial charge in [0, 0.05) is 6.42 Å². The summed E-state index contributed by atoms with van der Waals surface area (Å²) in [5.41, 5.74) is 1.30. The zero-order valence-corrected chi connectivity index (χ0v) is 11.9. The molecule has 0 aliphatic rings. The fourth-order valence-electron chi connectivity index (χ4n) is 1.84. The zero-order chi connectivity index (χ0) is 14.5. The highest BCUT2D eigenvalue weighted by Crippen LogP contribution is 2.09. The fourth-order valence-corrected chi connectivity index (χ4v) is 1.84. The molecule has 1 N–H and O–H groups in total. The zero-order valence-electron chi connectivity index (χ0n) is 11.9. The Morgan fingerprint density at radius 3 is 2.58 bits per heavy atom. The van der Waals surface area contributed by atoms with Gasteiger partial charge in [-0.3, -0.25) is 4.79 Å². The molecule has 1 aromatic carbocycles. The molecule has 4 nitrogen and oxygen atoms in total. The Morgan fingerprint density at radius 1 is 1.32 bits per heavy atom. The first-order valence-electron chi connectivity index (χ1n) is 6.30. The van der Waals surface area contributed by atoms with Gasteiger partial charge in [0.1, 0.15) is 5.54 Å². The van der Waals surface area contributed by atoms with Gasteiger partial charge in [0.25, 0.3) is 0 Å². The highest BCUT2D eigenvalue weighted by molar-refractivity contribution is 5.87. The topological polar surface area (TPSA) is 55.4 Å². The minimum absolute atomic E-state index is 0.156. The van der Waals surface area contributed by atoms with Crippen molar-refractivity contribution in [3.05, 3.63) is 35.4 Å². The van der Waals surface area contributed by atoms with E-state index in [0.717, 1.165) is 5.56 Å². The first-order valence-corrected chi connectivity index (χ1v) is 6.30. The minimum atomic E-state index is -0.988. The number of esters is 1. The maximum atomic E-state index is 11.8. The summed E-state index contributed by atoms with van der Waals surface area (Å²) in [4.78, 5) is 23.3. The molecule has 19 heavy (non-hydrogen) atoms. The average Bonchev–Trinajstić information content (AvgIpc) is 2.35. The third-order valence-corrected chi connectivity index (χ3v) is 2.87. The van der Waals surface area contributed by atoms with Gasteiger partial charge in [-0.05, 0) is 32.8 Å². The second kappa shape index (κ2) is 6.36. The number of nitrogens with one attached hydrogen (secondary N) is 1. The fraction of sp³-hybridized carbons (Fsp3) is 0.467. The van der Waals surface area contributed by atoms with Crippen molar-refractivity contribution in [2.75, 3.05) is 7.11 Å². The van der Waals surface area contributed by atoms with Crippen LogP contribution in [0.25, 0.3) is 0 Å². The molecule has 0 heterocycles. The van der Waals surface area contributed by atoms with Crippen LogP contribution < -0.4 is 5.32 Å². The molecule has 0 bridgehead atoms. The predicted molar refractivity (Wildman–Crippen MR) is 73.7 cm³/mol. The molecule has 0 saturated heterocycles. The Balaban J connectivity index is 2.50. The smallest absolute Gasteiger partial charge is 0.330 e. The summed E-state index contributed by atoms with van der Waals surface area (Å²) >= 11 is 0. The number of hydrogen-bond donors (Lipinski definition) is 1. The average molecular weight is 263 g/mol. The number of amides is 1. The van der Waals surface area contributed by atoms with Crippen LogP contribution in [0.15, 0.2) is 24.3 Å². The Kier molecular flexibility index (Phi) is 5.10. The lowest BCUT2D eigenvalue weighted by molar-refractivity contribution is -0.149. The van der Waals surface area contributed by atoms with E-state index in [0.29, 0.717) is 12.8 Å². The molecule has 4 heteroatoms. The second-order valence-corrected chi connectivity index (χ2v) is 5.15. The van der Waals surface area contributed by atoms with Crippen LogP contribution in [0.5, 0.6) is 0 Å². The quantitative estimate of drug-likeness (QED) is 0.827. The van der Waals surface area contributed by atoms with Gasteiger partial charge >= 0.3 is 5.97 Å². The van der Waals surface area contributed by atoms with E-state index in [2.05, 4.69) is 16.1 Å². The van der Waals surface area contributed by atoms with Crippen LogP contribution in [0.3, 0.4) is 0 Å². The largest absolute Gasteiger partial charge is 0.467 e. The van der Waals surface area contributed by atoms with Gasteiger partial charge in [-0.25, -0.2) is 4.79 Å². The standard InChI is InChI=1S/C15H21NO3/c1-11-6-5-7-12(10-11)8-9-13(17)16-15(2,3)14(18)19-4/h5-7,10H,8-9H2,1-4H3,(H,16,17). The maximum Gasteiger partial charge on any atom is 0.330 e. The van der Waals surface area contributed by atoms with Gasteiger partial charge < -0.3 is 10.1 Å². The summed E-state index contributed by atoms with van der Waals surface area (Å²) in [6.07, 6.45) is 1.01. The van der Waals surface area contributed by atoms with Crippen LogP contribution in [0, 0.1) is 6.92 Å². The lowest BCUT2D eigenvalue weighted by Crippen LogP contribution is -2.50. The molecule has 0 aliphatic carbocycles. The molecular weight excluding hydrogens is 242 g/mol. The predicted octanol–water partition coefficient (Wildman–Crippen LogP) is 2.00. The number of rotatable bonds is 5. The number of ether oxygens (including phenoxy) is 1. The van der Waals surface area contributed by atoms with Crippen LogP contribution >= 0.6 is 0 Å². The van der Waals surface area contributed by atoms with Gasteiger partial charge in [-0.1, -0.05) is 29.8 Å². The lowest BCUT2D eigenvalue weighted by atomic mass is 10.0. The van der Waals surface area contributed by atoms with Gasteiger partial charge in [-0.15, -0.1) is 0 Å². The van der Waals surface area contributed by atoms with E-state index >= 15 is 0 Å². The van der Waals surface area contributed by atoms with Crippen molar-refractivity contribution >= 4 is 11.9 Å². The van der Waals surface area contributed by atoms with Crippen molar-refractivity contribution in [2.45, 2.75) is 39.2 Å². The van der Waals surface area contributed by atoms with Crippen molar-refractivity contribution in [2.24, 2.45) is 0 Å². The number of hydrogen-bond acceptors (Lipinski definition) is 3. The van der Waals surface area contributed by atoms with Crippen LogP contribution in [-0.2, 0) is 20.7 Å². The molecule has 0 saturated carbocycles. The Hall–Kier alpha value is -1.84. The van der Waals surface area contributed by atoms with Gasteiger partial charge in [-0.2, -0.15) is 0 Å². The van der Waals surface area contributed by atoms with Crippen molar-refractivity contribution in [1.82, 2.24) is 5.32 Å². The molecule has 0 spiro atoms. The summed E-state index contributed by atoms with van der Waals surface area (Å²) < 4.78 is 4.64. The number of benzene rings is 1. The monoisotopic (exact) mass is 263 g/mol. The molecule has 1 amide bonds. The van der Waals surface area contributed by atoms with E-state index < -0.39 is 11.5 Å². The Morgan fingerprint density at radius 2 is 2.00 bits per heavy atom. The number of aryl methyl sites for hydroxylation is 2. The number of methoxy groups -OCH3 is 1. The van der Waals surface area contributed by atoms with E-state index in [1.165, 1.54) is 12.7 Å². The van der Waals surface area contributed by atoms with Crippen molar-refractivity contribution < 1.29 is 14.3 Å². The first kappa shape index (κ1) is 15.2. The van der Waals surface area contributed by atoms with Gasteiger partial charge in [0.15, 0.2) is 0 Å². The third kappa shape index (κ3) is 4.73. The molecule has 104 valence electrons. The molecular formula is C15H21NO3. The number of carbonyl (C=O) groups excluding carboxylic acids is 2. The van der Waals surface area contributed by atoms with E-state index in [4.69, 9.17) is 0 Å². The third-order valence-electron chi connectivity index (χ3n) is 2.87. The summed E-state index contributed by atoms with van der Waals surface area (Å²) in [5.74, 6) is -0.603. The SMILES string of the molecule is COC(=O)C(C)(C)NC(=O)CCc1cccc(C)c1. The van der Waals surface area contributed by atoms with E-state index in [9.17, 15) is 9.59 Å². The molecule has 0 unspecified atom stereocenters. The summed E-state index contributed by atoms with van der Waals surface area (Å²) in [6.45, 7) is 5.27. The lowest BCUT2D eigenvalue weighted by Gasteiger charge is -2.23. The molecule has 1 aromatic rings. The Bertz CT molecular complexity index is 466. The minimum Gasteiger partial charge on any atom is -0.467 e. The number of carbonyl (C=O) groups is 2. The van der Waals surface area contributed by atoms with E-state index in [1.807, 2.05) is 25.1 Å². The molecule has 0 radical (unpaired) electrons. The molecule has 0 atom stereocenters. The highest BCUT2D eigenvalue weighted by atomic mass is 16.5. The van der Waals surface area contributed by atoms with Gasteiger partial charge in [0.2, 0.25) is 5.91 Å². The molecule has 0 fully saturated rings. The Labute approximate surface area is 114 Å². The van der Waals surface area contributed by atoms with Crippen molar-refractivity contribution in [3.63, 3.8) is 0 Å². The summed E-state index contributed by atoms with van der Waals surface area (Å²) in [5, 5.41) is 2.68. The van der Waals surface area contributed by atoms with Gasteiger partial charge in [0.05, 0.1) is 7.11 Å². The van der Waals surface area contributed by atoms with E-state index in [1.54, 1.807) is 13.8 Å². The maximum absolute atomic E-state index is 11.8. The summed E-state index contributed by atoms with van der Waals surface area (Å²) in [7, 11) is 1.31. The van der Waals surface area contributed by atoms with Crippen molar-refractivity contribution in [1.29, 1.82) is 0 Å². The molecule has 1 rings (SSSR count). The van der Waals surface area contributed by atoms with E-state index in [-0.39, 0.29) is 5.91 Å². The highest BCUT2D eigenvalue weighted by Gasteiger charge is 2.30. The second-order valence-electron chi connectivity index (χ2n) is 5.15. The normalized spacial score (nSPS) is 10.9. The van der Waals surface area contributed by atoms with Crippen LogP contribution in [0.2, 0.25) is 0 Å². The first-order chi connectivity index (χ1) is 8.85.